The summed E-state index contributed by atoms with van der Waals surface area (Å²) in [5, 5.41) is 3.28. The van der Waals surface area contributed by atoms with Crippen molar-refractivity contribution in [1.29, 1.82) is 0 Å². The van der Waals surface area contributed by atoms with Crippen molar-refractivity contribution < 1.29 is 4.79 Å². The summed E-state index contributed by atoms with van der Waals surface area (Å²) in [6, 6.07) is 9.80. The smallest absolute Gasteiger partial charge is 0.196 e. The first-order valence-electron chi connectivity index (χ1n) is 6.57. The molecule has 0 fully saturated rings. The molecule has 0 amide bonds. The summed E-state index contributed by atoms with van der Waals surface area (Å²) in [7, 11) is 0. The van der Waals surface area contributed by atoms with E-state index < -0.39 is 0 Å². The Hall–Kier alpha value is -1.49. The van der Waals surface area contributed by atoms with Crippen LogP contribution in [0, 0.1) is 6.92 Å². The molecule has 22 heavy (non-hydrogen) atoms. The highest BCUT2D eigenvalue weighted by molar-refractivity contribution is 9.10. The van der Waals surface area contributed by atoms with E-state index in [-0.39, 0.29) is 5.78 Å². The van der Waals surface area contributed by atoms with Crippen LogP contribution < -0.4 is 0 Å². The summed E-state index contributed by atoms with van der Waals surface area (Å²) in [5.41, 5.74) is 2.74. The SMILES string of the molecule is Cc1ccc2nc(Cl)c(/C=C/C(=O)c3sccc3Br)cc2c1. The Morgan fingerprint density at radius 2 is 2.14 bits per heavy atom. The zero-order valence-corrected chi connectivity index (χ0v) is 14.8. The molecule has 0 radical (unpaired) electrons. The minimum absolute atomic E-state index is 0.0534. The van der Waals surface area contributed by atoms with Gasteiger partial charge in [-0.15, -0.1) is 11.3 Å². The monoisotopic (exact) mass is 391 g/mol. The lowest BCUT2D eigenvalue weighted by atomic mass is 10.1. The van der Waals surface area contributed by atoms with Gasteiger partial charge in [0.15, 0.2) is 5.78 Å². The Morgan fingerprint density at radius 1 is 1.32 bits per heavy atom. The quantitative estimate of drug-likeness (QED) is 0.315. The van der Waals surface area contributed by atoms with Gasteiger partial charge in [-0.05, 0) is 64.7 Å². The number of halogens is 2. The number of thiophene rings is 1. The zero-order valence-electron chi connectivity index (χ0n) is 11.6. The third-order valence-corrected chi connectivity index (χ3v) is 5.36. The molecule has 2 aromatic heterocycles. The first kappa shape index (κ1) is 15.4. The Kier molecular flexibility index (Phi) is 4.43. The Morgan fingerprint density at radius 3 is 2.86 bits per heavy atom. The van der Waals surface area contributed by atoms with Crippen molar-refractivity contribution in [2.75, 3.05) is 0 Å². The first-order valence-corrected chi connectivity index (χ1v) is 8.62. The van der Waals surface area contributed by atoms with Crippen LogP contribution in [-0.2, 0) is 0 Å². The van der Waals surface area contributed by atoms with Crippen LogP contribution in [0.5, 0.6) is 0 Å². The lowest BCUT2D eigenvalue weighted by molar-refractivity contribution is 0.105. The molecule has 0 bridgehead atoms. The number of fused-ring (bicyclic) bond motifs is 1. The van der Waals surface area contributed by atoms with Crippen molar-refractivity contribution in [3.8, 4) is 0 Å². The molecule has 0 N–H and O–H groups in total. The van der Waals surface area contributed by atoms with E-state index in [1.54, 1.807) is 6.08 Å². The normalized spacial score (nSPS) is 11.4. The van der Waals surface area contributed by atoms with Crippen molar-refractivity contribution in [1.82, 2.24) is 4.98 Å². The standard InChI is InChI=1S/C17H11BrClNOS/c1-10-2-4-14-12(8-10)9-11(17(19)20-14)3-5-15(21)16-13(18)6-7-22-16/h2-9H,1H3/b5-3+. The maximum absolute atomic E-state index is 12.2. The number of ketones is 1. The van der Waals surface area contributed by atoms with Gasteiger partial charge in [0.05, 0.1) is 10.4 Å². The summed E-state index contributed by atoms with van der Waals surface area (Å²) in [5.74, 6) is -0.0534. The van der Waals surface area contributed by atoms with E-state index in [0.29, 0.717) is 10.0 Å². The molecule has 0 atom stereocenters. The summed E-state index contributed by atoms with van der Waals surface area (Å²) >= 11 is 11.0. The van der Waals surface area contributed by atoms with E-state index in [0.717, 1.165) is 26.5 Å². The minimum Gasteiger partial charge on any atom is -0.288 e. The Labute approximate surface area is 145 Å². The molecule has 0 saturated heterocycles. The number of carbonyl (C=O) groups is 1. The van der Waals surface area contributed by atoms with Gasteiger partial charge in [-0.3, -0.25) is 4.79 Å². The molecular formula is C17H11BrClNOS. The summed E-state index contributed by atoms with van der Waals surface area (Å²) in [4.78, 5) is 17.2. The van der Waals surface area contributed by atoms with Gasteiger partial charge in [0, 0.05) is 15.4 Å². The first-order chi connectivity index (χ1) is 10.5. The number of benzene rings is 1. The highest BCUT2D eigenvalue weighted by Crippen LogP contribution is 2.25. The minimum atomic E-state index is -0.0534. The van der Waals surface area contributed by atoms with E-state index in [2.05, 4.69) is 20.9 Å². The average Bonchev–Trinajstić information content (AvgIpc) is 2.91. The summed E-state index contributed by atoms with van der Waals surface area (Å²) in [6.45, 7) is 2.03. The van der Waals surface area contributed by atoms with Gasteiger partial charge in [0.1, 0.15) is 5.15 Å². The number of rotatable bonds is 3. The van der Waals surface area contributed by atoms with E-state index in [4.69, 9.17) is 11.6 Å². The Balaban J connectivity index is 1.96. The molecule has 5 heteroatoms. The molecule has 0 aliphatic rings. The molecule has 0 unspecified atom stereocenters. The van der Waals surface area contributed by atoms with E-state index in [9.17, 15) is 4.79 Å². The van der Waals surface area contributed by atoms with E-state index >= 15 is 0 Å². The fraction of sp³-hybridized carbons (Fsp3) is 0.0588. The van der Waals surface area contributed by atoms with Crippen LogP contribution in [0.1, 0.15) is 20.8 Å². The van der Waals surface area contributed by atoms with Crippen LogP contribution in [0.4, 0.5) is 0 Å². The lowest BCUT2D eigenvalue weighted by Crippen LogP contribution is -1.91. The van der Waals surface area contributed by atoms with Crippen molar-refractivity contribution in [2.24, 2.45) is 0 Å². The van der Waals surface area contributed by atoms with E-state index in [1.165, 1.54) is 17.4 Å². The van der Waals surface area contributed by atoms with Crippen LogP contribution in [0.15, 0.2) is 46.3 Å². The molecule has 2 heterocycles. The highest BCUT2D eigenvalue weighted by Gasteiger charge is 2.09. The van der Waals surface area contributed by atoms with Gasteiger partial charge in [0.2, 0.25) is 0 Å². The second-order valence-electron chi connectivity index (χ2n) is 4.86. The summed E-state index contributed by atoms with van der Waals surface area (Å²) in [6.07, 6.45) is 3.24. The molecule has 2 nitrogen and oxygen atoms in total. The number of allylic oxidation sites excluding steroid dienone is 1. The third-order valence-electron chi connectivity index (χ3n) is 3.21. The number of hydrogen-bond acceptors (Lipinski definition) is 3. The molecule has 0 saturated carbocycles. The van der Waals surface area contributed by atoms with Crippen molar-refractivity contribution in [3.05, 3.63) is 67.4 Å². The van der Waals surface area contributed by atoms with Gasteiger partial charge >= 0.3 is 0 Å². The second kappa shape index (κ2) is 6.32. The molecular weight excluding hydrogens is 382 g/mol. The second-order valence-corrected chi connectivity index (χ2v) is 6.99. The van der Waals surface area contributed by atoms with Crippen molar-refractivity contribution >= 4 is 61.6 Å². The number of aromatic nitrogens is 1. The molecule has 3 aromatic rings. The molecule has 110 valence electrons. The third kappa shape index (κ3) is 3.14. The van der Waals surface area contributed by atoms with Crippen LogP contribution in [0.25, 0.3) is 17.0 Å². The lowest BCUT2D eigenvalue weighted by Gasteiger charge is -2.03. The number of carbonyl (C=O) groups excluding carboxylic acids is 1. The number of nitrogens with zero attached hydrogens (tertiary/aromatic N) is 1. The highest BCUT2D eigenvalue weighted by atomic mass is 79.9. The van der Waals surface area contributed by atoms with Crippen LogP contribution in [0.2, 0.25) is 5.15 Å². The molecule has 3 rings (SSSR count). The van der Waals surface area contributed by atoms with Gasteiger partial charge < -0.3 is 0 Å². The molecule has 0 aliphatic heterocycles. The number of pyridine rings is 1. The van der Waals surface area contributed by atoms with Gasteiger partial charge in [-0.1, -0.05) is 23.2 Å². The molecule has 0 aliphatic carbocycles. The van der Waals surface area contributed by atoms with Crippen LogP contribution >= 0.6 is 38.9 Å². The van der Waals surface area contributed by atoms with Gasteiger partial charge in [-0.2, -0.15) is 0 Å². The fourth-order valence-electron chi connectivity index (χ4n) is 2.12. The predicted octanol–water partition coefficient (Wildman–Crippen LogP) is 5.92. The van der Waals surface area contributed by atoms with Crippen molar-refractivity contribution in [2.45, 2.75) is 6.92 Å². The Bertz CT molecular complexity index is 901. The number of hydrogen-bond donors (Lipinski definition) is 0. The van der Waals surface area contributed by atoms with Gasteiger partial charge in [-0.25, -0.2) is 4.98 Å². The van der Waals surface area contributed by atoms with Crippen molar-refractivity contribution in [3.63, 3.8) is 0 Å². The topological polar surface area (TPSA) is 30.0 Å². The predicted molar refractivity (Wildman–Crippen MR) is 96.9 cm³/mol. The van der Waals surface area contributed by atoms with Crippen LogP contribution in [-0.4, -0.2) is 10.8 Å². The maximum Gasteiger partial charge on any atom is 0.196 e. The summed E-state index contributed by atoms with van der Waals surface area (Å²) < 4.78 is 0.811. The molecule has 0 spiro atoms. The molecule has 1 aromatic carbocycles. The van der Waals surface area contributed by atoms with Gasteiger partial charge in [0.25, 0.3) is 0 Å². The maximum atomic E-state index is 12.2. The average molecular weight is 393 g/mol. The largest absolute Gasteiger partial charge is 0.288 e. The zero-order chi connectivity index (χ0) is 15.7. The van der Waals surface area contributed by atoms with E-state index in [1.807, 2.05) is 42.6 Å². The van der Waals surface area contributed by atoms with Crippen LogP contribution in [0.3, 0.4) is 0 Å². The number of aryl methyl sites for hydroxylation is 1. The fourth-order valence-corrected chi connectivity index (χ4v) is 3.81.